The Kier molecular flexibility index (Phi) is 10.1. The van der Waals surface area contributed by atoms with Crippen molar-refractivity contribution >= 4 is 27.8 Å². The maximum atomic E-state index is 14.4. The van der Waals surface area contributed by atoms with Gasteiger partial charge >= 0.3 is 35.5 Å². The van der Waals surface area contributed by atoms with E-state index in [0.29, 0.717) is 11.9 Å². The van der Waals surface area contributed by atoms with Crippen LogP contribution in [0.3, 0.4) is 0 Å². The average molecular weight is 581 g/mol. The largest absolute Gasteiger partial charge is 1.00 e. The molecule has 0 aliphatic heterocycles. The number of carboxylic acid groups (broad SMARTS) is 1. The van der Waals surface area contributed by atoms with Gasteiger partial charge in [-0.2, -0.15) is 0 Å². The maximum absolute atomic E-state index is 14.4. The van der Waals surface area contributed by atoms with Crippen molar-refractivity contribution in [2.75, 3.05) is 0 Å². The molecule has 9 heteroatoms. The van der Waals surface area contributed by atoms with Gasteiger partial charge in [-0.05, 0) is 69.0 Å². The van der Waals surface area contributed by atoms with Gasteiger partial charge in [-0.25, -0.2) is 4.39 Å². The van der Waals surface area contributed by atoms with Crippen LogP contribution in [-0.2, 0) is 11.2 Å². The number of fused-ring (bicyclic) bond motifs is 3. The normalized spacial score (nSPS) is 12.9. The van der Waals surface area contributed by atoms with Gasteiger partial charge in [0.2, 0.25) is 0 Å². The first-order chi connectivity index (χ1) is 19.7. The fourth-order valence-electron chi connectivity index (χ4n) is 5.80. The topological polar surface area (TPSA) is 105 Å². The zero-order valence-electron chi connectivity index (χ0n) is 25.0. The Morgan fingerprint density at radius 1 is 0.929 bits per heavy atom. The van der Waals surface area contributed by atoms with E-state index in [2.05, 4.69) is 0 Å². The zero-order chi connectivity index (χ0) is 29.3. The van der Waals surface area contributed by atoms with Crippen molar-refractivity contribution in [2.45, 2.75) is 57.8 Å². The molecule has 0 aliphatic carbocycles. The van der Waals surface area contributed by atoms with Crippen LogP contribution in [-0.4, -0.2) is 42.6 Å². The first-order valence-corrected chi connectivity index (χ1v) is 13.8. The van der Waals surface area contributed by atoms with E-state index in [1.54, 1.807) is 16.7 Å². The van der Waals surface area contributed by atoms with Crippen LogP contribution in [0.25, 0.3) is 38.6 Å². The van der Waals surface area contributed by atoms with Crippen LogP contribution < -0.4 is 35.1 Å². The molecular formula is C33H34FN2NaO5. The number of benzene rings is 3. The molecule has 214 valence electrons. The second-order valence-corrected chi connectivity index (χ2v) is 10.7. The molecule has 2 atom stereocenters. The average Bonchev–Trinajstić information content (AvgIpc) is 3.28. The second kappa shape index (κ2) is 13.4. The Labute approximate surface area is 266 Å². The van der Waals surface area contributed by atoms with E-state index in [1.165, 1.54) is 12.1 Å². The molecule has 2 aromatic heterocycles. The molecule has 3 aromatic carbocycles. The van der Waals surface area contributed by atoms with Gasteiger partial charge in [-0.15, -0.1) is 0 Å². The van der Waals surface area contributed by atoms with E-state index in [4.69, 9.17) is 5.11 Å². The molecule has 42 heavy (non-hydrogen) atoms. The van der Waals surface area contributed by atoms with Crippen molar-refractivity contribution in [3.8, 4) is 16.8 Å². The number of nitrogens with zero attached hydrogens (tertiary/aromatic N) is 2. The van der Waals surface area contributed by atoms with Crippen molar-refractivity contribution in [2.24, 2.45) is 0 Å². The first-order valence-electron chi connectivity index (χ1n) is 13.8. The summed E-state index contributed by atoms with van der Waals surface area (Å²) in [5.74, 6) is -1.51. The molecule has 0 unspecified atom stereocenters. The minimum atomic E-state index is -1.17. The van der Waals surface area contributed by atoms with E-state index >= 15 is 0 Å². The number of aliphatic carboxylic acids is 1. The van der Waals surface area contributed by atoms with Crippen LogP contribution in [0, 0.1) is 5.82 Å². The van der Waals surface area contributed by atoms with E-state index < -0.39 is 24.6 Å². The molecule has 3 N–H and O–H groups in total. The number of aliphatic hydroxyl groups excluding tert-OH is 2. The molecule has 0 saturated carbocycles. The summed E-state index contributed by atoms with van der Waals surface area (Å²) in [6.07, 6.45) is -2.07. The molecule has 0 fully saturated rings. The molecule has 7 nitrogen and oxygen atoms in total. The smallest absolute Gasteiger partial charge is 1.00 e. The van der Waals surface area contributed by atoms with Crippen molar-refractivity contribution in [1.29, 1.82) is 0 Å². The van der Waals surface area contributed by atoms with E-state index in [-0.39, 0.29) is 61.2 Å². The third-order valence-electron chi connectivity index (χ3n) is 7.46. The van der Waals surface area contributed by atoms with E-state index in [1.807, 2.05) is 73.0 Å². The predicted molar refractivity (Wildman–Crippen MR) is 159 cm³/mol. The Morgan fingerprint density at radius 3 is 2.21 bits per heavy atom. The van der Waals surface area contributed by atoms with Crippen LogP contribution in [0.4, 0.5) is 4.39 Å². The predicted octanol–water partition coefficient (Wildman–Crippen LogP) is 2.97. The summed E-state index contributed by atoms with van der Waals surface area (Å²) in [6.45, 7) is 3.98. The molecule has 2 heterocycles. The molecule has 0 bridgehead atoms. The molecule has 0 saturated heterocycles. The number of rotatable bonds is 10. The van der Waals surface area contributed by atoms with Crippen LogP contribution in [0.2, 0.25) is 0 Å². The molecule has 0 radical (unpaired) electrons. The number of aliphatic hydroxyl groups is 2. The summed E-state index contributed by atoms with van der Waals surface area (Å²) >= 11 is 0. The number of pyridine rings is 1. The van der Waals surface area contributed by atoms with Gasteiger partial charge in [0.15, 0.2) is 0 Å². The molecule has 5 rings (SSSR count). The third kappa shape index (κ3) is 6.23. The molecule has 0 amide bonds. The van der Waals surface area contributed by atoms with Crippen LogP contribution in [0.1, 0.15) is 46.3 Å². The standard InChI is InChI=1S/C33H33FN2O5.Na.H/c1-20(2)35-28(17-16-24(37)18-25(38)19-29(39)40)30(21-12-14-22(34)15-13-21)31-26-10-6-7-11-27(26)36(33(41)32(31)35)23-8-4-3-5-9-23;;/h3-15,20,24-25,37-38H,16-19H2,1-2H3,(H,39,40);;/q;+1;-1/t24-,25-;;/m1../s1. The summed E-state index contributed by atoms with van der Waals surface area (Å²) < 4.78 is 17.7. The Bertz CT molecular complexity index is 1770. The quantitative estimate of drug-likeness (QED) is 0.221. The van der Waals surface area contributed by atoms with Gasteiger partial charge < -0.3 is 21.3 Å². The van der Waals surface area contributed by atoms with Gasteiger partial charge in [0.05, 0.1) is 24.1 Å². The summed E-state index contributed by atoms with van der Waals surface area (Å²) in [6, 6.07) is 23.2. The number of carbonyl (C=O) groups is 1. The summed E-state index contributed by atoms with van der Waals surface area (Å²) in [5, 5.41) is 31.4. The van der Waals surface area contributed by atoms with Crippen LogP contribution in [0.5, 0.6) is 0 Å². The first kappa shape index (κ1) is 31.7. The number of aromatic nitrogens is 2. The monoisotopic (exact) mass is 580 g/mol. The number of hydrogen-bond donors (Lipinski definition) is 3. The van der Waals surface area contributed by atoms with Gasteiger partial charge in [0.25, 0.3) is 5.56 Å². The number of para-hydroxylation sites is 2. The van der Waals surface area contributed by atoms with Crippen LogP contribution in [0.15, 0.2) is 83.7 Å². The Hall–Kier alpha value is -3.27. The molecule has 5 aromatic rings. The second-order valence-electron chi connectivity index (χ2n) is 10.7. The fourth-order valence-corrected chi connectivity index (χ4v) is 5.80. The summed E-state index contributed by atoms with van der Waals surface area (Å²) in [4.78, 5) is 25.4. The Morgan fingerprint density at radius 2 is 1.57 bits per heavy atom. The maximum Gasteiger partial charge on any atom is 1.00 e. The van der Waals surface area contributed by atoms with Crippen molar-refractivity contribution in [1.82, 2.24) is 9.13 Å². The summed E-state index contributed by atoms with van der Waals surface area (Å²) in [7, 11) is 0. The third-order valence-corrected chi connectivity index (χ3v) is 7.46. The van der Waals surface area contributed by atoms with Gasteiger partial charge in [-0.3, -0.25) is 14.2 Å². The van der Waals surface area contributed by atoms with Crippen molar-refractivity contribution in [3.63, 3.8) is 0 Å². The zero-order valence-corrected chi connectivity index (χ0v) is 26.0. The minimum absolute atomic E-state index is 0. The molecular weight excluding hydrogens is 546 g/mol. The van der Waals surface area contributed by atoms with E-state index in [0.717, 1.165) is 38.8 Å². The fraction of sp³-hybridized carbons (Fsp3) is 0.273. The Balaban J connectivity index is 0.00000253. The minimum Gasteiger partial charge on any atom is -1.00 e. The van der Waals surface area contributed by atoms with E-state index in [9.17, 15) is 24.2 Å². The van der Waals surface area contributed by atoms with Gasteiger partial charge in [0, 0.05) is 33.8 Å². The van der Waals surface area contributed by atoms with Gasteiger partial charge in [0.1, 0.15) is 11.3 Å². The number of hydrogen-bond acceptors (Lipinski definition) is 4. The number of halogens is 1. The van der Waals surface area contributed by atoms with Crippen molar-refractivity contribution < 1.29 is 55.5 Å². The summed E-state index contributed by atoms with van der Waals surface area (Å²) in [5.41, 5.74) is 4.14. The molecule has 0 spiro atoms. The number of carboxylic acids is 1. The van der Waals surface area contributed by atoms with Crippen LogP contribution >= 0.6 is 0 Å². The molecule has 0 aliphatic rings. The van der Waals surface area contributed by atoms with Crippen molar-refractivity contribution in [3.05, 3.63) is 101 Å². The SMILES string of the molecule is CC(C)n1c(CC[C@@H](O)C[C@@H](O)CC(=O)O)c(-c2ccc(F)cc2)c2c3ccccc3n(-c3ccccc3)c(=O)c21.[H-].[Na+]. The van der Waals surface area contributed by atoms with Gasteiger partial charge in [-0.1, -0.05) is 48.5 Å².